The smallest absolute Gasteiger partial charge is 0.311 e. The molecule has 0 bridgehead atoms. The number of rotatable bonds is 5. The lowest BCUT2D eigenvalue weighted by atomic mass is 10.1. The summed E-state index contributed by atoms with van der Waals surface area (Å²) in [7, 11) is 0. The Morgan fingerprint density at radius 1 is 1.20 bits per heavy atom. The van der Waals surface area contributed by atoms with E-state index >= 15 is 0 Å². The molecule has 0 spiro atoms. The van der Waals surface area contributed by atoms with Crippen LogP contribution in [0.3, 0.4) is 0 Å². The van der Waals surface area contributed by atoms with Gasteiger partial charge in [0.05, 0.1) is 6.42 Å². The molecule has 2 aromatic carbocycles. The molecule has 1 N–H and O–H groups in total. The Hall–Kier alpha value is -2.73. The van der Waals surface area contributed by atoms with Gasteiger partial charge in [0, 0.05) is 16.8 Å². The van der Waals surface area contributed by atoms with E-state index in [2.05, 4.69) is 5.32 Å². The van der Waals surface area contributed by atoms with Crippen molar-refractivity contribution in [2.24, 2.45) is 0 Å². The van der Waals surface area contributed by atoms with Gasteiger partial charge in [0.25, 0.3) is 5.91 Å². The van der Waals surface area contributed by atoms with Crippen LogP contribution in [0, 0.1) is 0 Å². The number of carbonyl (C=O) groups excluding carboxylic acids is 2. The summed E-state index contributed by atoms with van der Waals surface area (Å²) in [6, 6.07) is 12.0. The number of hydrogen-bond donors (Lipinski definition) is 1. The summed E-state index contributed by atoms with van der Waals surface area (Å²) in [5.41, 5.74) is 1.18. The number of fused-ring (bicyclic) bond motifs is 1. The normalized spacial score (nSPS) is 13.2. The highest BCUT2D eigenvalue weighted by Crippen LogP contribution is 2.34. The van der Waals surface area contributed by atoms with Crippen molar-refractivity contribution in [3.8, 4) is 11.5 Å². The molecule has 130 valence electrons. The molecule has 0 radical (unpaired) electrons. The maximum Gasteiger partial charge on any atom is 0.311 e. The minimum atomic E-state index is -0.944. The number of amides is 1. The zero-order valence-corrected chi connectivity index (χ0v) is 14.2. The van der Waals surface area contributed by atoms with Gasteiger partial charge in [-0.1, -0.05) is 29.8 Å². The first-order valence-corrected chi connectivity index (χ1v) is 8.04. The summed E-state index contributed by atoms with van der Waals surface area (Å²) >= 11 is 6.01. The van der Waals surface area contributed by atoms with Gasteiger partial charge in [0.2, 0.25) is 6.79 Å². The van der Waals surface area contributed by atoms with Gasteiger partial charge in [0.1, 0.15) is 0 Å². The Morgan fingerprint density at radius 3 is 2.76 bits per heavy atom. The Labute approximate surface area is 149 Å². The number of halogens is 1. The number of esters is 1. The quantitative estimate of drug-likeness (QED) is 0.828. The molecule has 25 heavy (non-hydrogen) atoms. The molecule has 0 unspecified atom stereocenters. The average Bonchev–Trinajstić information content (AvgIpc) is 3.04. The zero-order chi connectivity index (χ0) is 17.8. The lowest BCUT2D eigenvalue weighted by Crippen LogP contribution is -2.30. The number of nitrogens with one attached hydrogen (secondary N) is 1. The highest BCUT2D eigenvalue weighted by Gasteiger charge is 2.20. The third kappa shape index (κ3) is 4.22. The second-order valence-electron chi connectivity index (χ2n) is 5.46. The molecule has 3 rings (SSSR count). The fourth-order valence-corrected chi connectivity index (χ4v) is 2.51. The summed E-state index contributed by atoms with van der Waals surface area (Å²) < 4.78 is 15.6. The number of benzene rings is 2. The largest absolute Gasteiger partial charge is 0.454 e. The predicted molar refractivity (Wildman–Crippen MR) is 91.9 cm³/mol. The van der Waals surface area contributed by atoms with Crippen LogP contribution < -0.4 is 14.8 Å². The van der Waals surface area contributed by atoms with E-state index in [4.69, 9.17) is 25.8 Å². The highest BCUT2D eigenvalue weighted by molar-refractivity contribution is 6.31. The van der Waals surface area contributed by atoms with Crippen molar-refractivity contribution in [2.45, 2.75) is 19.4 Å². The second kappa shape index (κ2) is 7.44. The van der Waals surface area contributed by atoms with Crippen LogP contribution in [0.5, 0.6) is 11.5 Å². The van der Waals surface area contributed by atoms with Gasteiger partial charge < -0.3 is 19.5 Å². The van der Waals surface area contributed by atoms with E-state index in [-0.39, 0.29) is 13.2 Å². The molecule has 0 aliphatic carbocycles. The SMILES string of the molecule is C[C@H](OC(=O)Cc1ccccc1Cl)C(=O)Nc1ccc2c(c1)OCO2. The van der Waals surface area contributed by atoms with Crippen LogP contribution in [0.25, 0.3) is 0 Å². The fourth-order valence-electron chi connectivity index (χ4n) is 2.31. The molecule has 1 atom stereocenters. The molecular formula is C18H16ClNO5. The van der Waals surface area contributed by atoms with Gasteiger partial charge in [-0.15, -0.1) is 0 Å². The lowest BCUT2D eigenvalue weighted by molar-refractivity contribution is -0.152. The lowest BCUT2D eigenvalue weighted by Gasteiger charge is -2.14. The monoisotopic (exact) mass is 361 g/mol. The maximum absolute atomic E-state index is 12.2. The molecule has 1 aliphatic rings. The summed E-state index contributed by atoms with van der Waals surface area (Å²) in [5.74, 6) is 0.214. The Balaban J connectivity index is 1.55. The van der Waals surface area contributed by atoms with E-state index < -0.39 is 18.0 Å². The second-order valence-corrected chi connectivity index (χ2v) is 5.86. The van der Waals surface area contributed by atoms with Crippen molar-refractivity contribution in [2.75, 3.05) is 12.1 Å². The first kappa shape index (κ1) is 17.1. The fraction of sp³-hybridized carbons (Fsp3) is 0.222. The summed E-state index contributed by atoms with van der Waals surface area (Å²) in [4.78, 5) is 24.2. The molecule has 0 fully saturated rings. The van der Waals surface area contributed by atoms with Crippen LogP contribution in [0.4, 0.5) is 5.69 Å². The van der Waals surface area contributed by atoms with Gasteiger partial charge >= 0.3 is 5.97 Å². The molecule has 7 heteroatoms. The van der Waals surface area contributed by atoms with Crippen LogP contribution >= 0.6 is 11.6 Å². The van der Waals surface area contributed by atoms with Gasteiger partial charge in [-0.2, -0.15) is 0 Å². The number of anilines is 1. The topological polar surface area (TPSA) is 73.9 Å². The standard InChI is InChI=1S/C18H16ClNO5/c1-11(25-17(21)8-12-4-2-3-5-14(12)19)18(22)20-13-6-7-15-16(9-13)24-10-23-15/h2-7,9,11H,8,10H2,1H3,(H,20,22)/t11-/m0/s1. The van der Waals surface area contributed by atoms with Crippen molar-refractivity contribution in [1.82, 2.24) is 0 Å². The van der Waals surface area contributed by atoms with Crippen LogP contribution in [-0.2, 0) is 20.7 Å². The molecule has 0 saturated heterocycles. The molecule has 6 nitrogen and oxygen atoms in total. The third-order valence-electron chi connectivity index (χ3n) is 3.61. The van der Waals surface area contributed by atoms with Crippen molar-refractivity contribution in [3.63, 3.8) is 0 Å². The predicted octanol–water partition coefficient (Wildman–Crippen LogP) is 3.18. The highest BCUT2D eigenvalue weighted by atomic mass is 35.5. The van der Waals surface area contributed by atoms with Crippen LogP contribution in [-0.4, -0.2) is 24.8 Å². The zero-order valence-electron chi connectivity index (χ0n) is 13.5. The average molecular weight is 362 g/mol. The Morgan fingerprint density at radius 2 is 1.96 bits per heavy atom. The van der Waals surface area contributed by atoms with Crippen molar-refractivity contribution in [1.29, 1.82) is 0 Å². The minimum Gasteiger partial charge on any atom is -0.454 e. The van der Waals surface area contributed by atoms with E-state index in [0.29, 0.717) is 27.8 Å². The molecule has 0 saturated carbocycles. The third-order valence-corrected chi connectivity index (χ3v) is 3.98. The van der Waals surface area contributed by atoms with E-state index in [1.165, 1.54) is 6.92 Å². The van der Waals surface area contributed by atoms with Crippen molar-refractivity contribution < 1.29 is 23.8 Å². The number of ether oxygens (including phenoxy) is 3. The molecule has 1 aliphatic heterocycles. The summed E-state index contributed by atoms with van der Waals surface area (Å²) in [6.07, 6.45) is -0.943. The van der Waals surface area contributed by atoms with Crippen LogP contribution in [0.1, 0.15) is 12.5 Å². The maximum atomic E-state index is 12.2. The first-order chi connectivity index (χ1) is 12.0. The van der Waals surface area contributed by atoms with Crippen LogP contribution in [0.2, 0.25) is 5.02 Å². The number of carbonyl (C=O) groups is 2. The molecule has 1 amide bonds. The summed E-state index contributed by atoms with van der Waals surface area (Å²) in [5, 5.41) is 3.16. The van der Waals surface area contributed by atoms with Crippen LogP contribution in [0.15, 0.2) is 42.5 Å². The van der Waals surface area contributed by atoms with E-state index in [1.54, 1.807) is 42.5 Å². The molecule has 2 aromatic rings. The summed E-state index contributed by atoms with van der Waals surface area (Å²) in [6.45, 7) is 1.66. The van der Waals surface area contributed by atoms with Gasteiger partial charge in [-0.3, -0.25) is 9.59 Å². The molecule has 0 aromatic heterocycles. The Bertz CT molecular complexity index is 808. The van der Waals surface area contributed by atoms with Gasteiger partial charge in [-0.05, 0) is 30.7 Å². The molecular weight excluding hydrogens is 346 g/mol. The van der Waals surface area contributed by atoms with E-state index in [0.717, 1.165) is 0 Å². The van der Waals surface area contributed by atoms with Crippen molar-refractivity contribution >= 4 is 29.2 Å². The van der Waals surface area contributed by atoms with E-state index in [1.807, 2.05) is 0 Å². The first-order valence-electron chi connectivity index (χ1n) is 7.66. The number of hydrogen-bond acceptors (Lipinski definition) is 5. The van der Waals surface area contributed by atoms with Gasteiger partial charge in [0.15, 0.2) is 17.6 Å². The van der Waals surface area contributed by atoms with Gasteiger partial charge in [-0.25, -0.2) is 0 Å². The minimum absolute atomic E-state index is 0.00131. The van der Waals surface area contributed by atoms with E-state index in [9.17, 15) is 9.59 Å². The molecule has 1 heterocycles. The van der Waals surface area contributed by atoms with Crippen molar-refractivity contribution in [3.05, 3.63) is 53.1 Å². The Kier molecular flexibility index (Phi) is 5.09.